The third-order valence-electron chi connectivity index (χ3n) is 12.5. The van der Waals surface area contributed by atoms with Crippen molar-refractivity contribution >= 4 is 60.7 Å². The van der Waals surface area contributed by atoms with Gasteiger partial charge in [0.25, 0.3) is 0 Å². The van der Waals surface area contributed by atoms with Gasteiger partial charge in [0.05, 0.1) is 27.8 Å². The van der Waals surface area contributed by atoms with E-state index in [9.17, 15) is 0 Å². The Balaban J connectivity index is 1.04. The van der Waals surface area contributed by atoms with Crippen LogP contribution in [0.5, 0.6) is 0 Å². The maximum Gasteiger partial charge on any atom is 0.0541 e. The van der Waals surface area contributed by atoms with Gasteiger partial charge in [-0.05, 0) is 125 Å². The summed E-state index contributed by atoms with van der Waals surface area (Å²) in [5, 5.41) is 4.92. The Morgan fingerprint density at radius 2 is 0.683 bits per heavy atom. The van der Waals surface area contributed by atoms with Crippen molar-refractivity contribution in [2.24, 2.45) is 0 Å². The molecular formula is C60H41N3. The smallest absolute Gasteiger partial charge is 0.0541 e. The minimum Gasteiger partial charge on any atom is -0.310 e. The molecule has 0 unspecified atom stereocenters. The molecule has 12 aromatic rings. The largest absolute Gasteiger partial charge is 0.310 e. The van der Waals surface area contributed by atoms with Gasteiger partial charge in [0.1, 0.15) is 0 Å². The second-order valence-electron chi connectivity index (χ2n) is 16.2. The number of anilines is 3. The third kappa shape index (κ3) is 6.29. The molecule has 3 nitrogen and oxygen atoms in total. The second kappa shape index (κ2) is 15.3. The number of rotatable bonds is 8. The van der Waals surface area contributed by atoms with E-state index in [1.165, 1.54) is 65.9 Å². The number of hydrogen-bond donors (Lipinski definition) is 0. The van der Waals surface area contributed by atoms with E-state index in [2.05, 4.69) is 263 Å². The summed E-state index contributed by atoms with van der Waals surface area (Å²) in [5.74, 6) is 0. The van der Waals surface area contributed by atoms with Gasteiger partial charge < -0.3 is 14.0 Å². The standard InChI is InChI=1S/C60H41N3/c1-5-18-42(19-6-1)43-20-17-27-50(38-43)61(47-21-7-2-8-22-47)56-30-15-13-28-51(56)46-34-37-60-55(41-46)54-40-45(33-36-59(54)63(60)49-25-11-4-12-26-49)44-32-35-58-53(39-44)52-29-14-16-31-57(52)62(58)48-23-9-3-10-24-48/h1-41H. The van der Waals surface area contributed by atoms with E-state index in [1.807, 2.05) is 0 Å². The highest BCUT2D eigenvalue weighted by molar-refractivity contribution is 6.13. The van der Waals surface area contributed by atoms with Crippen molar-refractivity contribution in [2.45, 2.75) is 0 Å². The number of hydrogen-bond acceptors (Lipinski definition) is 1. The molecule has 2 aromatic heterocycles. The molecule has 296 valence electrons. The molecule has 0 N–H and O–H groups in total. The Bertz CT molecular complexity index is 3600. The van der Waals surface area contributed by atoms with E-state index in [0.29, 0.717) is 0 Å². The van der Waals surface area contributed by atoms with E-state index in [-0.39, 0.29) is 0 Å². The number of aromatic nitrogens is 2. The highest BCUT2D eigenvalue weighted by Gasteiger charge is 2.20. The quantitative estimate of drug-likeness (QED) is 0.149. The number of fused-ring (bicyclic) bond motifs is 6. The van der Waals surface area contributed by atoms with Crippen molar-refractivity contribution in [3.8, 4) is 44.8 Å². The Labute approximate surface area is 366 Å². The summed E-state index contributed by atoms with van der Waals surface area (Å²) in [6, 6.07) is 90.1. The molecule has 12 rings (SSSR count). The van der Waals surface area contributed by atoms with Crippen molar-refractivity contribution < 1.29 is 0 Å². The molecule has 10 aromatic carbocycles. The molecule has 0 radical (unpaired) electrons. The first-order valence-corrected chi connectivity index (χ1v) is 21.6. The van der Waals surface area contributed by atoms with Crippen molar-refractivity contribution in [3.05, 3.63) is 249 Å². The van der Waals surface area contributed by atoms with Crippen molar-refractivity contribution in [1.29, 1.82) is 0 Å². The van der Waals surface area contributed by atoms with Crippen molar-refractivity contribution in [1.82, 2.24) is 9.13 Å². The van der Waals surface area contributed by atoms with Crippen LogP contribution in [0.1, 0.15) is 0 Å². The lowest BCUT2D eigenvalue weighted by atomic mass is 9.98. The van der Waals surface area contributed by atoms with Crippen molar-refractivity contribution in [3.63, 3.8) is 0 Å². The van der Waals surface area contributed by atoms with Crippen LogP contribution in [0.25, 0.3) is 88.4 Å². The normalized spacial score (nSPS) is 11.5. The van der Waals surface area contributed by atoms with Gasteiger partial charge in [-0.15, -0.1) is 0 Å². The van der Waals surface area contributed by atoms with Gasteiger partial charge in [-0.25, -0.2) is 0 Å². The molecule has 0 saturated carbocycles. The van der Waals surface area contributed by atoms with Crippen LogP contribution in [0.15, 0.2) is 249 Å². The van der Waals surface area contributed by atoms with Crippen LogP contribution in [-0.4, -0.2) is 9.13 Å². The second-order valence-corrected chi connectivity index (χ2v) is 16.2. The van der Waals surface area contributed by atoms with Crippen LogP contribution in [0.4, 0.5) is 17.1 Å². The summed E-state index contributed by atoms with van der Waals surface area (Å²) < 4.78 is 4.79. The summed E-state index contributed by atoms with van der Waals surface area (Å²) in [4.78, 5) is 2.39. The van der Waals surface area contributed by atoms with Crippen LogP contribution >= 0.6 is 0 Å². The average molecular weight is 804 g/mol. The minimum absolute atomic E-state index is 1.10. The predicted molar refractivity (Wildman–Crippen MR) is 266 cm³/mol. The van der Waals surface area contributed by atoms with E-state index in [1.54, 1.807) is 0 Å². The fraction of sp³-hybridized carbons (Fsp3) is 0. The molecule has 63 heavy (non-hydrogen) atoms. The molecule has 0 atom stereocenters. The van der Waals surface area contributed by atoms with Gasteiger partial charge in [-0.1, -0.05) is 152 Å². The lowest BCUT2D eigenvalue weighted by Crippen LogP contribution is -2.11. The van der Waals surface area contributed by atoms with Crippen LogP contribution in [-0.2, 0) is 0 Å². The topological polar surface area (TPSA) is 13.1 Å². The first-order chi connectivity index (χ1) is 31.3. The Morgan fingerprint density at radius 1 is 0.254 bits per heavy atom. The van der Waals surface area contributed by atoms with Gasteiger partial charge in [0.2, 0.25) is 0 Å². The summed E-state index contributed by atoms with van der Waals surface area (Å²) in [5.41, 5.74) is 17.5. The first kappa shape index (κ1) is 36.5. The fourth-order valence-electron chi connectivity index (χ4n) is 9.61. The summed E-state index contributed by atoms with van der Waals surface area (Å²) in [7, 11) is 0. The maximum atomic E-state index is 2.41. The zero-order chi connectivity index (χ0) is 41.7. The highest BCUT2D eigenvalue weighted by Crippen LogP contribution is 2.44. The summed E-state index contributed by atoms with van der Waals surface area (Å²) in [6.45, 7) is 0. The number of para-hydroxylation sites is 5. The molecule has 0 saturated heterocycles. The van der Waals surface area contributed by atoms with Crippen LogP contribution in [0.3, 0.4) is 0 Å². The molecule has 3 heteroatoms. The van der Waals surface area contributed by atoms with Crippen LogP contribution in [0.2, 0.25) is 0 Å². The molecule has 0 bridgehead atoms. The van der Waals surface area contributed by atoms with Gasteiger partial charge in [0.15, 0.2) is 0 Å². The molecule has 0 aliphatic rings. The molecule has 0 aliphatic heterocycles. The Morgan fingerprint density at radius 3 is 1.32 bits per heavy atom. The lowest BCUT2D eigenvalue weighted by molar-refractivity contribution is 1.18. The molecular weight excluding hydrogens is 763 g/mol. The molecule has 0 fully saturated rings. The molecule has 0 spiro atoms. The van der Waals surface area contributed by atoms with E-state index in [4.69, 9.17) is 0 Å². The molecule has 0 amide bonds. The van der Waals surface area contributed by atoms with E-state index >= 15 is 0 Å². The SMILES string of the molecule is c1ccc(-c2cccc(N(c3ccccc3)c3ccccc3-c3ccc4c(c3)c3cc(-c5ccc6c(c5)c5ccccc5n6-c5ccccc5)ccc3n4-c3ccccc3)c2)cc1. The van der Waals surface area contributed by atoms with Crippen LogP contribution < -0.4 is 4.90 Å². The van der Waals surface area contributed by atoms with Crippen LogP contribution in [0, 0.1) is 0 Å². The molecule has 0 aliphatic carbocycles. The Kier molecular flexibility index (Phi) is 8.83. The minimum atomic E-state index is 1.10. The zero-order valence-corrected chi connectivity index (χ0v) is 34.5. The maximum absolute atomic E-state index is 2.41. The third-order valence-corrected chi connectivity index (χ3v) is 12.5. The summed E-state index contributed by atoms with van der Waals surface area (Å²) in [6.07, 6.45) is 0. The zero-order valence-electron chi connectivity index (χ0n) is 34.5. The highest BCUT2D eigenvalue weighted by atomic mass is 15.1. The average Bonchev–Trinajstić information content (AvgIpc) is 3.87. The van der Waals surface area contributed by atoms with E-state index < -0.39 is 0 Å². The van der Waals surface area contributed by atoms with Gasteiger partial charge in [-0.3, -0.25) is 0 Å². The number of benzene rings is 10. The van der Waals surface area contributed by atoms with Crippen molar-refractivity contribution in [2.75, 3.05) is 4.90 Å². The monoisotopic (exact) mass is 803 g/mol. The number of nitrogens with zero attached hydrogens (tertiary/aromatic N) is 3. The Hall–Kier alpha value is -8.40. The first-order valence-electron chi connectivity index (χ1n) is 21.6. The predicted octanol–water partition coefficient (Wildman–Crippen LogP) is 16.4. The van der Waals surface area contributed by atoms with Gasteiger partial charge >= 0.3 is 0 Å². The van der Waals surface area contributed by atoms with Gasteiger partial charge in [-0.2, -0.15) is 0 Å². The fourth-order valence-corrected chi connectivity index (χ4v) is 9.61. The molecule has 2 heterocycles. The summed E-state index contributed by atoms with van der Waals surface area (Å²) >= 11 is 0. The van der Waals surface area contributed by atoms with E-state index in [0.717, 1.165) is 39.6 Å². The lowest BCUT2D eigenvalue weighted by Gasteiger charge is -2.28. The van der Waals surface area contributed by atoms with Gasteiger partial charge in [0, 0.05) is 49.9 Å².